The van der Waals surface area contributed by atoms with Gasteiger partial charge in [0, 0.05) is 3.57 Å². The summed E-state index contributed by atoms with van der Waals surface area (Å²) in [4.78, 5) is 0.113. The van der Waals surface area contributed by atoms with Crippen molar-refractivity contribution in [3.05, 3.63) is 45.0 Å². The molecule has 0 spiro atoms. The fraction of sp³-hybridized carbons (Fsp3) is 0.0769. The lowest BCUT2D eigenvalue weighted by atomic mass is 10.2. The lowest BCUT2D eigenvalue weighted by molar-refractivity contribution is 0.588. The molecule has 5 nitrogen and oxygen atoms in total. The zero-order chi connectivity index (χ0) is 15.6. The molecule has 0 saturated carbocycles. The van der Waals surface area contributed by atoms with E-state index in [1.807, 2.05) is 18.2 Å². The van der Waals surface area contributed by atoms with Crippen LogP contribution >= 0.6 is 34.2 Å². The molecule has 8 heteroatoms. The number of sulfonamides is 1. The summed E-state index contributed by atoms with van der Waals surface area (Å²) >= 11 is 8.31. The summed E-state index contributed by atoms with van der Waals surface area (Å²) < 4.78 is 26.7. The summed E-state index contributed by atoms with van der Waals surface area (Å²) in [7, 11) is -2.16. The first-order chi connectivity index (χ1) is 9.83. The summed E-state index contributed by atoms with van der Waals surface area (Å²) in [5.41, 5.74) is 7.51. The van der Waals surface area contributed by atoms with E-state index in [2.05, 4.69) is 32.6 Å². The van der Waals surface area contributed by atoms with Crippen LogP contribution in [0, 0.1) is 3.57 Å². The molecule has 0 aliphatic heterocycles. The molecule has 0 heterocycles. The van der Waals surface area contributed by atoms with E-state index in [0.717, 1.165) is 3.57 Å². The Hall–Kier alpha value is -1.03. The van der Waals surface area contributed by atoms with Crippen molar-refractivity contribution in [1.82, 2.24) is 4.72 Å². The molecule has 0 atom stereocenters. The van der Waals surface area contributed by atoms with E-state index < -0.39 is 10.0 Å². The van der Waals surface area contributed by atoms with Crippen molar-refractivity contribution in [2.45, 2.75) is 4.90 Å². The largest absolute Gasteiger partial charge is 0.397 e. The molecule has 2 rings (SSSR count). The Balaban J connectivity index is 2.34. The van der Waals surface area contributed by atoms with Gasteiger partial charge in [-0.3, -0.25) is 0 Å². The molecule has 4 N–H and O–H groups in total. The number of rotatable bonds is 4. The first-order valence-corrected chi connectivity index (χ1v) is 8.82. The zero-order valence-corrected chi connectivity index (χ0v) is 14.8. The highest BCUT2D eigenvalue weighted by Gasteiger charge is 2.13. The van der Waals surface area contributed by atoms with Gasteiger partial charge in [0.15, 0.2) is 0 Å². The van der Waals surface area contributed by atoms with Crippen molar-refractivity contribution in [2.24, 2.45) is 0 Å². The van der Waals surface area contributed by atoms with Gasteiger partial charge in [-0.2, -0.15) is 0 Å². The Labute approximate surface area is 142 Å². The quantitative estimate of drug-likeness (QED) is 0.507. The van der Waals surface area contributed by atoms with Crippen LogP contribution in [0.2, 0.25) is 5.02 Å². The molecule has 2 aromatic carbocycles. The number of nitrogen functional groups attached to an aromatic ring is 1. The topological polar surface area (TPSA) is 84.2 Å². The lowest BCUT2D eigenvalue weighted by Crippen LogP contribution is -2.18. The highest BCUT2D eigenvalue weighted by atomic mass is 127. The molecule has 0 radical (unpaired) electrons. The highest BCUT2D eigenvalue weighted by Crippen LogP contribution is 2.30. The van der Waals surface area contributed by atoms with Gasteiger partial charge in [-0.25, -0.2) is 13.1 Å². The molecule has 0 aromatic heterocycles. The number of anilines is 3. The number of hydrogen-bond acceptors (Lipinski definition) is 4. The van der Waals surface area contributed by atoms with Crippen LogP contribution in [-0.2, 0) is 10.0 Å². The van der Waals surface area contributed by atoms with E-state index in [1.165, 1.54) is 19.2 Å². The second-order valence-corrected chi connectivity index (χ2v) is 7.75. The Morgan fingerprint density at radius 3 is 2.38 bits per heavy atom. The fourth-order valence-electron chi connectivity index (χ4n) is 1.68. The van der Waals surface area contributed by atoms with Gasteiger partial charge in [0.2, 0.25) is 10.0 Å². The average molecular weight is 438 g/mol. The molecule has 0 bridgehead atoms. The first kappa shape index (κ1) is 16.3. The Kier molecular flexibility index (Phi) is 4.97. The third-order valence-corrected chi connectivity index (χ3v) is 5.20. The van der Waals surface area contributed by atoms with Crippen molar-refractivity contribution in [3.8, 4) is 0 Å². The van der Waals surface area contributed by atoms with Crippen LogP contribution in [0.1, 0.15) is 0 Å². The molecule has 0 amide bonds. The molecule has 0 unspecified atom stereocenters. The normalized spacial score (nSPS) is 11.4. The Morgan fingerprint density at radius 2 is 1.81 bits per heavy atom. The fourth-order valence-corrected chi connectivity index (χ4v) is 3.34. The number of nitrogens with two attached hydrogens (primary N) is 1. The van der Waals surface area contributed by atoms with E-state index in [1.54, 1.807) is 6.07 Å². The second kappa shape index (κ2) is 6.39. The summed E-state index contributed by atoms with van der Waals surface area (Å²) in [5, 5.41) is 3.65. The third kappa shape index (κ3) is 3.79. The highest BCUT2D eigenvalue weighted by molar-refractivity contribution is 14.1. The summed E-state index contributed by atoms with van der Waals surface area (Å²) in [6, 6.07) is 10.0. The smallest absolute Gasteiger partial charge is 0.240 e. The van der Waals surface area contributed by atoms with E-state index in [-0.39, 0.29) is 4.90 Å². The molecular weight excluding hydrogens is 425 g/mol. The van der Waals surface area contributed by atoms with Crippen molar-refractivity contribution in [2.75, 3.05) is 18.1 Å². The number of hydrogen-bond donors (Lipinski definition) is 3. The van der Waals surface area contributed by atoms with Crippen molar-refractivity contribution in [3.63, 3.8) is 0 Å². The molecule has 0 aliphatic carbocycles. The third-order valence-electron chi connectivity index (χ3n) is 2.80. The molecule has 112 valence electrons. The Morgan fingerprint density at radius 1 is 1.14 bits per heavy atom. The SMILES string of the molecule is CNS(=O)(=O)c1ccc(Nc2ccc(I)cc2Cl)c(N)c1. The maximum absolute atomic E-state index is 11.7. The van der Waals surface area contributed by atoms with Crippen LogP contribution in [0.5, 0.6) is 0 Å². The average Bonchev–Trinajstić information content (AvgIpc) is 2.43. The van der Waals surface area contributed by atoms with Gasteiger partial charge in [0.05, 0.1) is 27.0 Å². The van der Waals surface area contributed by atoms with E-state index in [4.69, 9.17) is 17.3 Å². The number of benzene rings is 2. The monoisotopic (exact) mass is 437 g/mol. The predicted octanol–water partition coefficient (Wildman–Crippen LogP) is 3.18. The number of nitrogens with one attached hydrogen (secondary N) is 2. The molecule has 0 fully saturated rings. The minimum atomic E-state index is -3.51. The van der Waals surface area contributed by atoms with Crippen molar-refractivity contribution < 1.29 is 8.42 Å². The van der Waals surface area contributed by atoms with Crippen molar-refractivity contribution in [1.29, 1.82) is 0 Å². The van der Waals surface area contributed by atoms with Gasteiger partial charge in [0.1, 0.15) is 0 Å². The van der Waals surface area contributed by atoms with Crippen LogP contribution in [0.15, 0.2) is 41.3 Å². The van der Waals surface area contributed by atoms with Crippen LogP contribution in [-0.4, -0.2) is 15.5 Å². The summed E-state index contributed by atoms with van der Waals surface area (Å²) in [5.74, 6) is 0. The molecule has 0 saturated heterocycles. The van der Waals surface area contributed by atoms with Gasteiger partial charge < -0.3 is 11.1 Å². The zero-order valence-electron chi connectivity index (χ0n) is 11.0. The van der Waals surface area contributed by atoms with E-state index >= 15 is 0 Å². The van der Waals surface area contributed by atoms with Gasteiger partial charge in [-0.1, -0.05) is 11.6 Å². The molecule has 2 aromatic rings. The van der Waals surface area contributed by atoms with Gasteiger partial charge >= 0.3 is 0 Å². The first-order valence-electron chi connectivity index (χ1n) is 5.88. The lowest BCUT2D eigenvalue weighted by Gasteiger charge is -2.12. The van der Waals surface area contributed by atoms with Gasteiger partial charge in [-0.15, -0.1) is 0 Å². The van der Waals surface area contributed by atoms with Crippen LogP contribution < -0.4 is 15.8 Å². The molecular formula is C13H13ClIN3O2S. The van der Waals surface area contributed by atoms with Gasteiger partial charge in [-0.05, 0) is 66.0 Å². The predicted molar refractivity (Wildman–Crippen MR) is 94.6 cm³/mol. The van der Waals surface area contributed by atoms with Crippen molar-refractivity contribution >= 4 is 61.3 Å². The van der Waals surface area contributed by atoms with Crippen LogP contribution in [0.25, 0.3) is 0 Å². The van der Waals surface area contributed by atoms with Crippen LogP contribution in [0.4, 0.5) is 17.1 Å². The van der Waals surface area contributed by atoms with E-state index in [0.29, 0.717) is 22.1 Å². The molecule has 21 heavy (non-hydrogen) atoms. The maximum Gasteiger partial charge on any atom is 0.240 e. The number of halogens is 2. The Bertz CT molecular complexity index is 781. The second-order valence-electron chi connectivity index (χ2n) is 4.21. The standard InChI is InChI=1S/C13H13ClIN3O2S/c1-17-21(19,20)9-3-5-13(11(16)7-9)18-12-4-2-8(15)6-10(12)14/h2-7,17-18H,16H2,1H3. The minimum absolute atomic E-state index is 0.113. The molecule has 0 aliphatic rings. The van der Waals surface area contributed by atoms with Gasteiger partial charge in [0.25, 0.3) is 0 Å². The minimum Gasteiger partial charge on any atom is -0.397 e. The summed E-state index contributed by atoms with van der Waals surface area (Å²) in [6.45, 7) is 0. The van der Waals surface area contributed by atoms with Crippen LogP contribution in [0.3, 0.4) is 0 Å². The van der Waals surface area contributed by atoms with E-state index in [9.17, 15) is 8.42 Å². The maximum atomic E-state index is 11.7. The summed E-state index contributed by atoms with van der Waals surface area (Å²) in [6.07, 6.45) is 0.